The van der Waals surface area contributed by atoms with Gasteiger partial charge in [0.1, 0.15) is 5.54 Å². The van der Waals surface area contributed by atoms with E-state index in [1.54, 1.807) is 4.90 Å². The van der Waals surface area contributed by atoms with Crippen LogP contribution in [0.4, 0.5) is 13.2 Å². The number of fused-ring (bicyclic) bond motifs is 1. The van der Waals surface area contributed by atoms with Gasteiger partial charge in [-0.15, -0.1) is 0 Å². The van der Waals surface area contributed by atoms with Crippen molar-refractivity contribution >= 4 is 0 Å². The molecule has 18 heavy (non-hydrogen) atoms. The third kappa shape index (κ3) is 2.05. The fourth-order valence-corrected chi connectivity index (χ4v) is 3.66. The largest absolute Gasteiger partial charge is 0.406 e. The van der Waals surface area contributed by atoms with Crippen molar-refractivity contribution in [2.24, 2.45) is 0 Å². The van der Waals surface area contributed by atoms with Gasteiger partial charge in [-0.3, -0.25) is 9.80 Å². The minimum absolute atomic E-state index is 0.309. The van der Waals surface area contributed by atoms with Gasteiger partial charge < -0.3 is 0 Å². The summed E-state index contributed by atoms with van der Waals surface area (Å²) in [6, 6.07) is 0.362. The first-order chi connectivity index (χ1) is 8.53. The van der Waals surface area contributed by atoms with Crippen molar-refractivity contribution in [3.63, 3.8) is 0 Å². The van der Waals surface area contributed by atoms with E-state index in [1.807, 2.05) is 0 Å². The van der Waals surface area contributed by atoms with Crippen LogP contribution >= 0.6 is 0 Å². The molecule has 0 bridgehead atoms. The van der Waals surface area contributed by atoms with Crippen molar-refractivity contribution in [2.75, 3.05) is 26.2 Å². The van der Waals surface area contributed by atoms with Crippen LogP contribution in [0.15, 0.2) is 0 Å². The molecule has 0 aromatic rings. The molecule has 2 nitrogen and oxygen atoms in total. The van der Waals surface area contributed by atoms with Gasteiger partial charge in [0.25, 0.3) is 0 Å². The van der Waals surface area contributed by atoms with Crippen LogP contribution < -0.4 is 0 Å². The lowest BCUT2D eigenvalue weighted by molar-refractivity contribution is -0.197. The second-order valence-electron chi connectivity index (χ2n) is 6.01. The van der Waals surface area contributed by atoms with Gasteiger partial charge in [-0.25, -0.2) is 0 Å². The molecule has 2 saturated heterocycles. The lowest BCUT2D eigenvalue weighted by atomic mass is 10.0. The van der Waals surface area contributed by atoms with Gasteiger partial charge in [-0.2, -0.15) is 13.2 Å². The van der Waals surface area contributed by atoms with Gasteiger partial charge in [0.2, 0.25) is 0 Å². The summed E-state index contributed by atoms with van der Waals surface area (Å²) in [4.78, 5) is 4.17. The Kier molecular flexibility index (Phi) is 3.09. The lowest BCUT2D eigenvalue weighted by Crippen LogP contribution is -2.52. The molecule has 104 valence electrons. The molecule has 2 heterocycles. The van der Waals surface area contributed by atoms with E-state index in [0.717, 1.165) is 25.9 Å². The molecular weight excluding hydrogens is 241 g/mol. The van der Waals surface area contributed by atoms with E-state index in [1.165, 1.54) is 12.8 Å². The van der Waals surface area contributed by atoms with Crippen LogP contribution in [-0.2, 0) is 0 Å². The smallest absolute Gasteiger partial charge is 0.299 e. The van der Waals surface area contributed by atoms with Crippen molar-refractivity contribution in [1.29, 1.82) is 0 Å². The van der Waals surface area contributed by atoms with Gasteiger partial charge in [0.05, 0.1) is 0 Å². The first-order valence-corrected chi connectivity index (χ1v) is 7.09. The molecule has 0 N–H and O–H groups in total. The van der Waals surface area contributed by atoms with Gasteiger partial charge in [-0.1, -0.05) is 6.42 Å². The number of nitrogens with zero attached hydrogens (tertiary/aromatic N) is 2. The van der Waals surface area contributed by atoms with E-state index in [2.05, 4.69) is 4.90 Å². The van der Waals surface area contributed by atoms with Crippen LogP contribution in [0.1, 0.15) is 38.5 Å². The Balaban J connectivity index is 1.74. The van der Waals surface area contributed by atoms with Gasteiger partial charge >= 0.3 is 6.18 Å². The van der Waals surface area contributed by atoms with E-state index in [-0.39, 0.29) is 0 Å². The van der Waals surface area contributed by atoms with Gasteiger partial charge in [0, 0.05) is 19.1 Å². The van der Waals surface area contributed by atoms with Crippen molar-refractivity contribution in [3.05, 3.63) is 0 Å². The molecule has 0 radical (unpaired) electrons. The van der Waals surface area contributed by atoms with Crippen molar-refractivity contribution in [2.45, 2.75) is 56.3 Å². The molecule has 0 amide bonds. The second-order valence-corrected chi connectivity index (χ2v) is 6.01. The third-order valence-corrected chi connectivity index (χ3v) is 4.91. The molecular formula is C13H21F3N2. The van der Waals surface area contributed by atoms with Crippen molar-refractivity contribution in [1.82, 2.24) is 9.80 Å². The van der Waals surface area contributed by atoms with Crippen LogP contribution in [0.3, 0.4) is 0 Å². The number of piperidine rings is 1. The molecule has 0 aromatic heterocycles. The zero-order valence-corrected chi connectivity index (χ0v) is 10.7. The quantitative estimate of drug-likeness (QED) is 0.717. The summed E-state index contributed by atoms with van der Waals surface area (Å²) < 4.78 is 39.5. The first kappa shape index (κ1) is 12.7. The Morgan fingerprint density at radius 3 is 2.33 bits per heavy atom. The molecule has 3 fully saturated rings. The van der Waals surface area contributed by atoms with E-state index in [9.17, 15) is 13.2 Å². The van der Waals surface area contributed by atoms with Crippen LogP contribution in [0.2, 0.25) is 0 Å². The first-order valence-electron chi connectivity index (χ1n) is 7.09. The maximum atomic E-state index is 13.2. The highest BCUT2D eigenvalue weighted by atomic mass is 19.4. The molecule has 3 rings (SSSR count). The maximum absolute atomic E-state index is 13.2. The number of alkyl halides is 3. The zero-order chi connectivity index (χ0) is 12.8. The van der Waals surface area contributed by atoms with E-state index in [4.69, 9.17) is 0 Å². The number of hydrogen-bond donors (Lipinski definition) is 0. The highest BCUT2D eigenvalue weighted by molar-refractivity contribution is 5.10. The second kappa shape index (κ2) is 4.37. The van der Waals surface area contributed by atoms with Gasteiger partial charge in [-0.05, 0) is 45.2 Å². The Morgan fingerprint density at radius 1 is 0.944 bits per heavy atom. The predicted molar refractivity (Wildman–Crippen MR) is 63.4 cm³/mol. The van der Waals surface area contributed by atoms with Crippen molar-refractivity contribution in [3.8, 4) is 0 Å². The number of rotatable bonds is 1. The molecule has 1 saturated carbocycles. The normalized spacial score (nSPS) is 33.8. The summed E-state index contributed by atoms with van der Waals surface area (Å²) in [7, 11) is 0. The van der Waals surface area contributed by atoms with E-state index >= 15 is 0 Å². The standard InChI is InChI=1S/C13H21F3N2/c14-13(15,16)12(5-6-12)18-9-3-8-17-7-2-1-4-11(17)10-18/h11H,1-10H2. The summed E-state index contributed by atoms with van der Waals surface area (Å²) in [6.45, 7) is 3.30. The highest BCUT2D eigenvalue weighted by Crippen LogP contribution is 2.54. The zero-order valence-electron chi connectivity index (χ0n) is 10.7. The average molecular weight is 262 g/mol. The average Bonchev–Trinajstić information content (AvgIpc) is 3.12. The van der Waals surface area contributed by atoms with Crippen LogP contribution in [0.25, 0.3) is 0 Å². The monoisotopic (exact) mass is 262 g/mol. The van der Waals surface area contributed by atoms with Crippen LogP contribution in [0, 0.1) is 0 Å². The molecule has 0 spiro atoms. The third-order valence-electron chi connectivity index (χ3n) is 4.91. The minimum Gasteiger partial charge on any atom is -0.299 e. The number of hydrogen-bond acceptors (Lipinski definition) is 2. The van der Waals surface area contributed by atoms with E-state index < -0.39 is 11.7 Å². The molecule has 0 aromatic carbocycles. The Labute approximate surface area is 106 Å². The summed E-state index contributed by atoms with van der Waals surface area (Å²) >= 11 is 0. The fraction of sp³-hybridized carbons (Fsp3) is 1.00. The fourth-order valence-electron chi connectivity index (χ4n) is 3.66. The summed E-state index contributed by atoms with van der Waals surface area (Å²) in [5.74, 6) is 0. The molecule has 3 aliphatic rings. The Hall–Kier alpha value is -0.290. The van der Waals surface area contributed by atoms with Gasteiger partial charge in [0.15, 0.2) is 0 Å². The Morgan fingerprint density at radius 2 is 1.67 bits per heavy atom. The van der Waals surface area contributed by atoms with Crippen LogP contribution in [-0.4, -0.2) is 53.7 Å². The van der Waals surface area contributed by atoms with Crippen LogP contribution in [0.5, 0.6) is 0 Å². The molecule has 1 unspecified atom stereocenters. The topological polar surface area (TPSA) is 6.48 Å². The maximum Gasteiger partial charge on any atom is 0.406 e. The SMILES string of the molecule is FC(F)(F)C1(N2CCCN3CCCCC3C2)CC1. The van der Waals surface area contributed by atoms with E-state index in [0.29, 0.717) is 32.0 Å². The molecule has 5 heteroatoms. The predicted octanol–water partition coefficient (Wildman–Crippen LogP) is 2.64. The Bertz CT molecular complexity index is 312. The summed E-state index contributed by atoms with van der Waals surface area (Å²) in [5, 5.41) is 0. The van der Waals surface area contributed by atoms with Crippen molar-refractivity contribution < 1.29 is 13.2 Å². The summed E-state index contributed by atoms with van der Waals surface area (Å²) in [6.07, 6.45) is 0.914. The molecule has 2 aliphatic heterocycles. The molecule has 1 atom stereocenters. The lowest BCUT2D eigenvalue weighted by Gasteiger charge is -2.38. The molecule has 1 aliphatic carbocycles. The minimum atomic E-state index is -4.04. The summed E-state index contributed by atoms with van der Waals surface area (Å²) in [5.41, 5.74) is -1.46. The highest BCUT2D eigenvalue weighted by Gasteiger charge is 2.66. The number of halogens is 3.